The zero-order valence-corrected chi connectivity index (χ0v) is 22.9. The minimum atomic E-state index is 0.482. The van der Waals surface area contributed by atoms with E-state index < -0.39 is 0 Å². The third kappa shape index (κ3) is 5.86. The maximum Gasteiger partial charge on any atom is 0.159 e. The molecule has 0 bridgehead atoms. The summed E-state index contributed by atoms with van der Waals surface area (Å²) in [6, 6.07) is 16.7. The van der Waals surface area contributed by atoms with Crippen LogP contribution in [0.1, 0.15) is 50.7 Å². The summed E-state index contributed by atoms with van der Waals surface area (Å²) in [4.78, 5) is 6.03. The zero-order valence-electron chi connectivity index (χ0n) is 22.0. The Balaban J connectivity index is 1.48. The van der Waals surface area contributed by atoms with E-state index in [-0.39, 0.29) is 0 Å². The van der Waals surface area contributed by atoms with Crippen molar-refractivity contribution in [3.05, 3.63) is 65.9 Å². The van der Waals surface area contributed by atoms with Crippen LogP contribution in [0.2, 0.25) is 0 Å². The average molecular weight is 517 g/mol. The van der Waals surface area contributed by atoms with Crippen LogP contribution in [0.25, 0.3) is 5.65 Å². The van der Waals surface area contributed by atoms with E-state index in [9.17, 15) is 0 Å². The Morgan fingerprint density at radius 2 is 1.89 bits per heavy atom. The van der Waals surface area contributed by atoms with Gasteiger partial charge in [-0.15, -0.1) is 11.8 Å². The van der Waals surface area contributed by atoms with Crippen molar-refractivity contribution < 1.29 is 4.74 Å². The summed E-state index contributed by atoms with van der Waals surface area (Å²) in [6.45, 7) is 11.4. The first-order valence-electron chi connectivity index (χ1n) is 13.1. The molecule has 1 aliphatic heterocycles. The Morgan fingerprint density at radius 3 is 2.68 bits per heavy atom. The first-order valence-corrected chi connectivity index (χ1v) is 14.0. The van der Waals surface area contributed by atoms with Gasteiger partial charge in [-0.2, -0.15) is 9.61 Å². The van der Waals surface area contributed by atoms with Gasteiger partial charge in [-0.3, -0.25) is 0 Å². The molecule has 0 saturated carbocycles. The minimum Gasteiger partial charge on any atom is -0.492 e. The smallest absolute Gasteiger partial charge is 0.159 e. The van der Waals surface area contributed by atoms with E-state index in [1.807, 2.05) is 35.3 Å². The monoisotopic (exact) mass is 516 g/mol. The maximum absolute atomic E-state index is 6.10. The van der Waals surface area contributed by atoms with E-state index in [1.54, 1.807) is 6.20 Å². The Labute approximate surface area is 223 Å². The van der Waals surface area contributed by atoms with Crippen molar-refractivity contribution in [3.63, 3.8) is 0 Å². The standard InChI is InChI=1S/C29H36N6OS/c1-5-36-25-17-22(21-10-13-30-14-11-21)20(4)16-24(25)32-27-18-29(35-28(34-27)12-15-31-35)33-23-8-6-7-9-26(23)37-19(2)3/h6-9,12,15-19,21,30,33H,5,10-11,13-14H2,1-4H3,(H,32,34). The molecule has 1 aliphatic rings. The summed E-state index contributed by atoms with van der Waals surface area (Å²) in [5.74, 6) is 3.01. The van der Waals surface area contributed by atoms with Crippen LogP contribution < -0.4 is 20.7 Å². The minimum absolute atomic E-state index is 0.482. The van der Waals surface area contributed by atoms with Crippen LogP contribution in [0.15, 0.2) is 59.6 Å². The van der Waals surface area contributed by atoms with Gasteiger partial charge >= 0.3 is 0 Å². The normalized spacial score (nSPS) is 14.3. The first-order chi connectivity index (χ1) is 18.0. The van der Waals surface area contributed by atoms with Crippen LogP contribution >= 0.6 is 11.8 Å². The molecule has 3 N–H and O–H groups in total. The van der Waals surface area contributed by atoms with E-state index in [1.165, 1.54) is 16.0 Å². The molecule has 5 rings (SSSR count). The number of piperidine rings is 1. The fourth-order valence-corrected chi connectivity index (χ4v) is 5.83. The SMILES string of the molecule is CCOc1cc(C2CCNCC2)c(C)cc1Nc1cc(Nc2ccccc2SC(C)C)n2nccc2n1. The number of anilines is 4. The van der Waals surface area contributed by atoms with Gasteiger partial charge in [0.1, 0.15) is 17.4 Å². The third-order valence-electron chi connectivity index (χ3n) is 6.58. The molecule has 0 atom stereocenters. The van der Waals surface area contributed by atoms with Crippen LogP contribution in [0, 0.1) is 6.92 Å². The lowest BCUT2D eigenvalue weighted by molar-refractivity contribution is 0.340. The number of benzene rings is 2. The molecule has 194 valence electrons. The van der Waals surface area contributed by atoms with Crippen molar-refractivity contribution in [1.29, 1.82) is 0 Å². The van der Waals surface area contributed by atoms with Crippen LogP contribution in [0.3, 0.4) is 0 Å². The third-order valence-corrected chi connectivity index (χ3v) is 7.66. The van der Waals surface area contributed by atoms with Gasteiger partial charge in [0.15, 0.2) is 5.65 Å². The highest BCUT2D eigenvalue weighted by Gasteiger charge is 2.20. The maximum atomic E-state index is 6.10. The van der Waals surface area contributed by atoms with Gasteiger partial charge in [-0.25, -0.2) is 4.98 Å². The lowest BCUT2D eigenvalue weighted by atomic mass is 9.87. The molecule has 7 nitrogen and oxygen atoms in total. The van der Waals surface area contributed by atoms with E-state index in [0.717, 1.165) is 60.3 Å². The number of ether oxygens (including phenoxy) is 1. The van der Waals surface area contributed by atoms with Gasteiger partial charge in [0, 0.05) is 22.3 Å². The number of nitrogens with one attached hydrogen (secondary N) is 3. The highest BCUT2D eigenvalue weighted by atomic mass is 32.2. The first kappa shape index (κ1) is 25.4. The largest absolute Gasteiger partial charge is 0.492 e. The van der Waals surface area contributed by atoms with Crippen molar-refractivity contribution in [2.75, 3.05) is 30.3 Å². The quantitative estimate of drug-likeness (QED) is 0.209. The van der Waals surface area contributed by atoms with Crippen LogP contribution in [0.4, 0.5) is 23.0 Å². The lowest BCUT2D eigenvalue weighted by Crippen LogP contribution is -2.27. The number of rotatable bonds is 9. The van der Waals surface area contributed by atoms with E-state index in [4.69, 9.17) is 9.72 Å². The van der Waals surface area contributed by atoms with E-state index >= 15 is 0 Å². The number of aryl methyl sites for hydroxylation is 1. The number of thioether (sulfide) groups is 1. The molecular weight excluding hydrogens is 480 g/mol. The number of aromatic nitrogens is 3. The summed E-state index contributed by atoms with van der Waals surface area (Å²) in [5.41, 5.74) is 5.41. The van der Waals surface area contributed by atoms with Crippen LogP contribution in [-0.4, -0.2) is 39.5 Å². The van der Waals surface area contributed by atoms with Crippen molar-refractivity contribution in [2.24, 2.45) is 0 Å². The molecule has 4 aromatic rings. The Hall–Kier alpha value is -3.23. The molecule has 0 aliphatic carbocycles. The number of hydrogen-bond donors (Lipinski definition) is 3. The Kier molecular flexibility index (Phi) is 7.86. The topological polar surface area (TPSA) is 75.5 Å². The molecule has 0 radical (unpaired) electrons. The lowest BCUT2D eigenvalue weighted by Gasteiger charge is -2.26. The van der Waals surface area contributed by atoms with Gasteiger partial charge in [0.25, 0.3) is 0 Å². The summed E-state index contributed by atoms with van der Waals surface area (Å²) in [7, 11) is 0. The van der Waals surface area contributed by atoms with E-state index in [0.29, 0.717) is 17.8 Å². The second-order valence-electron chi connectivity index (χ2n) is 9.70. The Morgan fingerprint density at radius 1 is 1.08 bits per heavy atom. The predicted molar refractivity (Wildman–Crippen MR) is 154 cm³/mol. The van der Waals surface area contributed by atoms with Gasteiger partial charge in [-0.05, 0) is 81.1 Å². The molecule has 0 spiro atoms. The number of fused-ring (bicyclic) bond motifs is 1. The molecule has 8 heteroatoms. The highest BCUT2D eigenvalue weighted by molar-refractivity contribution is 8.00. The molecule has 1 fully saturated rings. The molecule has 37 heavy (non-hydrogen) atoms. The van der Waals surface area contributed by atoms with E-state index in [2.05, 4.69) is 78.2 Å². The molecule has 2 aromatic heterocycles. The predicted octanol–water partition coefficient (Wildman–Crippen LogP) is 6.89. The van der Waals surface area contributed by atoms with Crippen molar-refractivity contribution in [2.45, 2.75) is 56.6 Å². The summed E-state index contributed by atoms with van der Waals surface area (Å²) < 4.78 is 7.94. The fourth-order valence-electron chi connectivity index (χ4n) is 4.92. The highest BCUT2D eigenvalue weighted by Crippen LogP contribution is 2.37. The van der Waals surface area contributed by atoms with Crippen LogP contribution in [0.5, 0.6) is 5.75 Å². The second-order valence-corrected chi connectivity index (χ2v) is 11.3. The molecule has 0 amide bonds. The number of hydrogen-bond acceptors (Lipinski definition) is 7. The van der Waals surface area contributed by atoms with Gasteiger partial charge in [-0.1, -0.05) is 26.0 Å². The second kappa shape index (κ2) is 11.4. The number of nitrogens with zero attached hydrogens (tertiary/aromatic N) is 3. The van der Waals surface area contributed by atoms with Crippen molar-refractivity contribution in [1.82, 2.24) is 19.9 Å². The molecular formula is C29H36N6OS. The van der Waals surface area contributed by atoms with Gasteiger partial charge in [0.05, 0.1) is 24.2 Å². The summed E-state index contributed by atoms with van der Waals surface area (Å²) in [5, 5.41) is 15.6. The average Bonchev–Trinajstić information content (AvgIpc) is 3.36. The van der Waals surface area contributed by atoms with Gasteiger partial charge in [0.2, 0.25) is 0 Å². The van der Waals surface area contributed by atoms with Crippen LogP contribution in [-0.2, 0) is 0 Å². The fraction of sp³-hybridized carbons (Fsp3) is 0.379. The Bertz CT molecular complexity index is 1360. The molecule has 3 heterocycles. The molecule has 0 unspecified atom stereocenters. The molecule has 2 aromatic carbocycles. The summed E-state index contributed by atoms with van der Waals surface area (Å²) in [6.07, 6.45) is 4.09. The number of para-hydroxylation sites is 1. The zero-order chi connectivity index (χ0) is 25.8. The summed E-state index contributed by atoms with van der Waals surface area (Å²) >= 11 is 1.84. The van der Waals surface area contributed by atoms with Gasteiger partial charge < -0.3 is 20.7 Å². The molecule has 1 saturated heterocycles. The van der Waals surface area contributed by atoms with Crippen molar-refractivity contribution in [3.8, 4) is 5.75 Å². The van der Waals surface area contributed by atoms with Crippen molar-refractivity contribution >= 4 is 40.4 Å².